The monoisotopic (exact) mass is 374 g/mol. The van der Waals surface area contributed by atoms with Crippen LogP contribution in [-0.4, -0.2) is 17.1 Å². The molecule has 1 aliphatic rings. The number of nitrogens with two attached hydrogens (primary N) is 1. The number of hydrogen-bond donors (Lipinski definition) is 2. The van der Waals surface area contributed by atoms with E-state index < -0.39 is 5.91 Å². The molecule has 0 unspecified atom stereocenters. The molecule has 3 rings (SSSR count). The molecule has 0 bridgehead atoms. The van der Waals surface area contributed by atoms with Crippen LogP contribution in [0.3, 0.4) is 0 Å². The van der Waals surface area contributed by atoms with Crippen molar-refractivity contribution >= 4 is 39.9 Å². The number of fused-ring (bicyclic) bond motifs is 1. The number of carbonyl (C=O) groups is 2. The fourth-order valence-electron chi connectivity index (χ4n) is 3.01. The van der Waals surface area contributed by atoms with Crippen LogP contribution in [0.25, 0.3) is 0 Å². The van der Waals surface area contributed by atoms with Gasteiger partial charge in [0, 0.05) is 9.77 Å². The van der Waals surface area contributed by atoms with Gasteiger partial charge >= 0.3 is 0 Å². The molecule has 1 heterocycles. The van der Waals surface area contributed by atoms with E-state index in [1.165, 1.54) is 39.1 Å². The number of carbonyl (C=O) groups excluding carboxylic acids is 2. The normalized spacial score (nSPS) is 14.2. The zero-order valence-electron chi connectivity index (χ0n) is 14.6. The van der Waals surface area contributed by atoms with Crippen LogP contribution in [0.15, 0.2) is 23.1 Å². The maximum Gasteiger partial charge on any atom is 0.251 e. The highest BCUT2D eigenvalue weighted by molar-refractivity contribution is 8.00. The van der Waals surface area contributed by atoms with Crippen LogP contribution in [0.4, 0.5) is 5.00 Å². The van der Waals surface area contributed by atoms with Gasteiger partial charge < -0.3 is 11.1 Å². The first kappa shape index (κ1) is 18.0. The molecule has 4 nitrogen and oxygen atoms in total. The number of primary amides is 1. The van der Waals surface area contributed by atoms with Crippen LogP contribution in [0, 0.1) is 13.8 Å². The number of thiophene rings is 1. The summed E-state index contributed by atoms with van der Waals surface area (Å²) in [7, 11) is 0. The van der Waals surface area contributed by atoms with Gasteiger partial charge in [-0.2, -0.15) is 0 Å². The third-order valence-corrected chi connectivity index (χ3v) is 6.87. The van der Waals surface area contributed by atoms with Gasteiger partial charge in [-0.05, 0) is 68.9 Å². The molecule has 1 aromatic heterocycles. The van der Waals surface area contributed by atoms with Crippen LogP contribution in [0.2, 0.25) is 0 Å². The van der Waals surface area contributed by atoms with E-state index in [2.05, 4.69) is 31.3 Å². The van der Waals surface area contributed by atoms with Gasteiger partial charge in [0.25, 0.3) is 5.91 Å². The van der Waals surface area contributed by atoms with Crippen molar-refractivity contribution in [2.24, 2.45) is 5.73 Å². The fourth-order valence-corrected chi connectivity index (χ4v) is 5.27. The van der Waals surface area contributed by atoms with E-state index in [1.807, 2.05) is 13.0 Å². The predicted molar refractivity (Wildman–Crippen MR) is 105 cm³/mol. The molecule has 0 saturated carbocycles. The highest BCUT2D eigenvalue weighted by atomic mass is 32.2. The van der Waals surface area contributed by atoms with Crippen molar-refractivity contribution in [3.05, 3.63) is 45.3 Å². The standard InChI is InChI=1S/C19H22N2O2S2/c1-10-7-8-13(9-11(10)2)24-12(3)18(23)21-19-16(17(20)22)14-5-4-6-15(14)25-19/h7-9,12H,4-6H2,1-3H3,(H2,20,22)(H,21,23)/t12-/m0/s1. The van der Waals surface area contributed by atoms with Gasteiger partial charge in [-0.15, -0.1) is 23.1 Å². The number of nitrogens with one attached hydrogen (secondary N) is 1. The van der Waals surface area contributed by atoms with Gasteiger partial charge in [-0.3, -0.25) is 9.59 Å². The molecule has 132 valence electrons. The Morgan fingerprint density at radius 2 is 2.00 bits per heavy atom. The van der Waals surface area contributed by atoms with E-state index in [0.29, 0.717) is 10.6 Å². The third-order valence-electron chi connectivity index (χ3n) is 4.56. The number of hydrogen-bond acceptors (Lipinski definition) is 4. The Morgan fingerprint density at radius 3 is 2.68 bits per heavy atom. The number of aryl methyl sites for hydroxylation is 3. The van der Waals surface area contributed by atoms with Crippen LogP contribution >= 0.6 is 23.1 Å². The molecule has 0 fully saturated rings. The highest BCUT2D eigenvalue weighted by Gasteiger charge is 2.27. The summed E-state index contributed by atoms with van der Waals surface area (Å²) in [4.78, 5) is 26.7. The minimum atomic E-state index is -0.454. The number of anilines is 1. The summed E-state index contributed by atoms with van der Waals surface area (Å²) in [5.41, 5.74) is 9.54. The lowest BCUT2D eigenvalue weighted by atomic mass is 10.1. The maximum absolute atomic E-state index is 12.6. The Hall–Kier alpha value is -1.79. The zero-order chi connectivity index (χ0) is 18.1. The van der Waals surface area contributed by atoms with Crippen LogP contribution < -0.4 is 11.1 Å². The highest BCUT2D eigenvalue weighted by Crippen LogP contribution is 2.39. The zero-order valence-corrected chi connectivity index (χ0v) is 16.3. The summed E-state index contributed by atoms with van der Waals surface area (Å²) in [6.45, 7) is 6.01. The van der Waals surface area contributed by atoms with Crippen molar-refractivity contribution in [3.63, 3.8) is 0 Å². The molecule has 25 heavy (non-hydrogen) atoms. The molecule has 3 N–H and O–H groups in total. The van der Waals surface area contributed by atoms with E-state index in [9.17, 15) is 9.59 Å². The molecule has 1 aromatic carbocycles. The maximum atomic E-state index is 12.6. The van der Waals surface area contributed by atoms with Gasteiger partial charge in [-0.25, -0.2) is 0 Å². The minimum absolute atomic E-state index is 0.106. The second kappa shape index (κ2) is 7.22. The number of benzene rings is 1. The van der Waals surface area contributed by atoms with Crippen LogP contribution in [0.1, 0.15) is 45.3 Å². The van der Waals surface area contributed by atoms with Crippen molar-refractivity contribution in [2.75, 3.05) is 5.32 Å². The van der Waals surface area contributed by atoms with Gasteiger partial charge in [0.2, 0.25) is 5.91 Å². The lowest BCUT2D eigenvalue weighted by molar-refractivity contribution is -0.115. The third kappa shape index (κ3) is 3.75. The molecule has 6 heteroatoms. The molecular formula is C19H22N2O2S2. The molecule has 2 amide bonds. The molecule has 0 spiro atoms. The fraction of sp³-hybridized carbons (Fsp3) is 0.368. The minimum Gasteiger partial charge on any atom is -0.365 e. The summed E-state index contributed by atoms with van der Waals surface area (Å²) >= 11 is 3.01. The number of amides is 2. The van der Waals surface area contributed by atoms with Gasteiger partial charge in [-0.1, -0.05) is 6.07 Å². The number of rotatable bonds is 5. The first-order chi connectivity index (χ1) is 11.9. The first-order valence-electron chi connectivity index (χ1n) is 8.36. The Bertz CT molecular complexity index is 842. The molecule has 1 atom stereocenters. The first-order valence-corrected chi connectivity index (χ1v) is 10.1. The molecule has 1 aliphatic carbocycles. The predicted octanol–water partition coefficient (Wildman–Crippen LogP) is 4.07. The van der Waals surface area contributed by atoms with Crippen molar-refractivity contribution in [1.82, 2.24) is 0 Å². The van der Waals surface area contributed by atoms with Crippen molar-refractivity contribution in [1.29, 1.82) is 0 Å². The Kier molecular flexibility index (Phi) is 5.20. The van der Waals surface area contributed by atoms with Crippen molar-refractivity contribution in [3.8, 4) is 0 Å². The van der Waals surface area contributed by atoms with Gasteiger partial charge in [0.05, 0.1) is 10.8 Å². The Balaban J connectivity index is 1.74. The summed E-state index contributed by atoms with van der Waals surface area (Å²) < 4.78 is 0. The average Bonchev–Trinajstić information content (AvgIpc) is 3.10. The molecule has 2 aromatic rings. The van der Waals surface area contributed by atoms with E-state index in [-0.39, 0.29) is 11.2 Å². The molecule has 0 saturated heterocycles. The van der Waals surface area contributed by atoms with Crippen LogP contribution in [0.5, 0.6) is 0 Å². The number of thioether (sulfide) groups is 1. The molecular weight excluding hydrogens is 352 g/mol. The van der Waals surface area contributed by atoms with E-state index in [1.54, 1.807) is 0 Å². The lowest BCUT2D eigenvalue weighted by Gasteiger charge is -2.13. The SMILES string of the molecule is Cc1ccc(S[C@@H](C)C(=O)Nc2sc3c(c2C(N)=O)CCC3)cc1C. The van der Waals surface area contributed by atoms with E-state index >= 15 is 0 Å². The second-order valence-electron chi connectivity index (χ2n) is 6.42. The molecule has 0 radical (unpaired) electrons. The summed E-state index contributed by atoms with van der Waals surface area (Å²) in [5, 5.41) is 3.27. The quantitative estimate of drug-likeness (QED) is 0.775. The molecule has 0 aliphatic heterocycles. The Morgan fingerprint density at radius 1 is 1.24 bits per heavy atom. The summed E-state index contributed by atoms with van der Waals surface area (Å²) in [5.74, 6) is -0.560. The van der Waals surface area contributed by atoms with Crippen molar-refractivity contribution in [2.45, 2.75) is 50.2 Å². The second-order valence-corrected chi connectivity index (χ2v) is 8.94. The topological polar surface area (TPSA) is 72.2 Å². The smallest absolute Gasteiger partial charge is 0.251 e. The largest absolute Gasteiger partial charge is 0.365 e. The van der Waals surface area contributed by atoms with Crippen LogP contribution in [-0.2, 0) is 17.6 Å². The van der Waals surface area contributed by atoms with Gasteiger partial charge in [0.1, 0.15) is 5.00 Å². The van der Waals surface area contributed by atoms with E-state index in [4.69, 9.17) is 5.73 Å². The average molecular weight is 375 g/mol. The summed E-state index contributed by atoms with van der Waals surface area (Å²) in [6, 6.07) is 6.20. The lowest BCUT2D eigenvalue weighted by Crippen LogP contribution is -2.24. The Labute approximate surface area is 156 Å². The van der Waals surface area contributed by atoms with Crippen molar-refractivity contribution < 1.29 is 9.59 Å². The van der Waals surface area contributed by atoms with Gasteiger partial charge in [0.15, 0.2) is 0 Å². The van der Waals surface area contributed by atoms with E-state index in [0.717, 1.165) is 29.7 Å². The summed E-state index contributed by atoms with van der Waals surface area (Å²) in [6.07, 6.45) is 2.88.